The second-order valence-electron chi connectivity index (χ2n) is 9.55. The Kier molecular flexibility index (Phi) is 6.23. The molecule has 2 N–H and O–H groups in total. The van der Waals surface area contributed by atoms with Gasteiger partial charge in [0.05, 0.1) is 0 Å². The molecule has 0 radical (unpaired) electrons. The fourth-order valence-electron chi connectivity index (χ4n) is 5.28. The third-order valence-corrected chi connectivity index (χ3v) is 9.54. The van der Waals surface area contributed by atoms with E-state index in [2.05, 4.69) is 0 Å². The van der Waals surface area contributed by atoms with E-state index in [-0.39, 0.29) is 43.5 Å². The Morgan fingerprint density at radius 2 is 0.949 bits per heavy atom. The number of phenolic OH excluding ortho intramolecular Hbond substituents is 2. The van der Waals surface area contributed by atoms with E-state index in [1.165, 1.54) is 64.1 Å². The van der Waals surface area contributed by atoms with Crippen LogP contribution in [0.25, 0.3) is 32.0 Å². The van der Waals surface area contributed by atoms with E-state index in [1.54, 1.807) is 12.1 Å². The molecular weight excluding hydrogens is 558 g/mol. The lowest BCUT2D eigenvalue weighted by atomic mass is 9.90. The van der Waals surface area contributed by atoms with Gasteiger partial charge in [0.1, 0.15) is 11.5 Å². The van der Waals surface area contributed by atoms with Gasteiger partial charge in [-0.25, -0.2) is 0 Å². The summed E-state index contributed by atoms with van der Waals surface area (Å²) in [5, 5.41) is 19.8. The van der Waals surface area contributed by atoms with Crippen molar-refractivity contribution in [2.75, 3.05) is 0 Å². The zero-order valence-corrected chi connectivity index (χ0v) is 22.7. The van der Waals surface area contributed by atoms with Crippen LogP contribution in [0.15, 0.2) is 48.5 Å². The van der Waals surface area contributed by atoms with Crippen molar-refractivity contribution in [2.45, 2.75) is 45.5 Å². The highest BCUT2D eigenvalue weighted by atomic mass is 32.1. The van der Waals surface area contributed by atoms with Crippen LogP contribution in [0, 0.1) is 27.7 Å². The number of hydrogen-bond acceptors (Lipinski definition) is 4. The first kappa shape index (κ1) is 27.3. The van der Waals surface area contributed by atoms with Gasteiger partial charge in [0.15, 0.2) is 0 Å². The standard InChI is InChI=1S/C29H22F6O2S2/c1-13-21(15(3)38-25(13)17-7-5-9-19(36)11-17)23-24(28(32,33)29(34,35)27(23,30)31)22-14(2)26(39-16(22)4)18-8-6-10-20(37)12-18/h5-12,36-37H,1-4H3. The lowest BCUT2D eigenvalue weighted by molar-refractivity contribution is -0.254. The second-order valence-corrected chi connectivity index (χ2v) is 12.0. The highest BCUT2D eigenvalue weighted by Crippen LogP contribution is 2.67. The maximum Gasteiger partial charge on any atom is 0.380 e. The van der Waals surface area contributed by atoms with Gasteiger partial charge >= 0.3 is 17.8 Å². The smallest absolute Gasteiger partial charge is 0.380 e. The monoisotopic (exact) mass is 580 g/mol. The van der Waals surface area contributed by atoms with Crippen LogP contribution in [0.2, 0.25) is 0 Å². The molecule has 1 aliphatic carbocycles. The molecule has 1 aliphatic rings. The predicted octanol–water partition coefficient (Wildman–Crippen LogP) is 9.62. The fourth-order valence-corrected chi connectivity index (χ4v) is 7.60. The molecule has 0 aliphatic heterocycles. The molecule has 0 unspecified atom stereocenters. The first-order valence-electron chi connectivity index (χ1n) is 11.8. The second kappa shape index (κ2) is 8.89. The Morgan fingerprint density at radius 3 is 1.28 bits per heavy atom. The Labute approximate surface area is 228 Å². The van der Waals surface area contributed by atoms with E-state index in [1.807, 2.05) is 0 Å². The van der Waals surface area contributed by atoms with Crippen molar-refractivity contribution >= 4 is 33.8 Å². The molecule has 0 saturated heterocycles. The van der Waals surface area contributed by atoms with Crippen molar-refractivity contribution in [1.82, 2.24) is 0 Å². The van der Waals surface area contributed by atoms with Gasteiger partial charge in [0.2, 0.25) is 0 Å². The summed E-state index contributed by atoms with van der Waals surface area (Å²) < 4.78 is 92.7. The zero-order chi connectivity index (χ0) is 28.7. The predicted molar refractivity (Wildman–Crippen MR) is 143 cm³/mol. The van der Waals surface area contributed by atoms with E-state index in [4.69, 9.17) is 0 Å². The first-order chi connectivity index (χ1) is 18.1. The molecule has 2 aromatic heterocycles. The van der Waals surface area contributed by atoms with Crippen molar-refractivity contribution in [2.24, 2.45) is 0 Å². The average molecular weight is 581 g/mol. The number of phenols is 2. The van der Waals surface area contributed by atoms with Crippen LogP contribution in [0.1, 0.15) is 32.0 Å². The SMILES string of the molecule is Cc1sc(-c2cccc(O)c2)c(C)c1C1=C(c2c(C)sc(-c3cccc(O)c3)c2C)C(F)(F)C(F)(F)C1(F)F. The number of benzene rings is 2. The van der Waals surface area contributed by atoms with Crippen molar-refractivity contribution in [1.29, 1.82) is 0 Å². The fraction of sp³-hybridized carbons (Fsp3) is 0.241. The van der Waals surface area contributed by atoms with Gasteiger partial charge < -0.3 is 10.2 Å². The van der Waals surface area contributed by atoms with Crippen LogP contribution in [0.5, 0.6) is 11.5 Å². The van der Waals surface area contributed by atoms with Crippen molar-refractivity contribution in [3.8, 4) is 32.4 Å². The van der Waals surface area contributed by atoms with Crippen LogP contribution in [-0.4, -0.2) is 28.0 Å². The number of allylic oxidation sites excluding steroid dienone is 2. The Morgan fingerprint density at radius 1 is 0.590 bits per heavy atom. The number of halogens is 6. The van der Waals surface area contributed by atoms with Crippen molar-refractivity contribution < 1.29 is 36.6 Å². The molecule has 2 heterocycles. The Hall–Kier alpha value is -3.24. The molecule has 4 aromatic rings. The molecular formula is C29H22F6O2S2. The minimum atomic E-state index is -5.68. The number of rotatable bonds is 4. The van der Waals surface area contributed by atoms with Gasteiger partial charge in [-0.1, -0.05) is 24.3 Å². The first-order valence-corrected chi connectivity index (χ1v) is 13.4. The van der Waals surface area contributed by atoms with Gasteiger partial charge in [0, 0.05) is 41.8 Å². The van der Waals surface area contributed by atoms with Crippen LogP contribution < -0.4 is 0 Å². The summed E-state index contributed by atoms with van der Waals surface area (Å²) in [7, 11) is 0. The molecule has 2 aromatic carbocycles. The molecule has 0 atom stereocenters. The number of hydrogen-bond donors (Lipinski definition) is 2. The summed E-state index contributed by atoms with van der Waals surface area (Å²) in [5.41, 5.74) is -2.29. The third-order valence-electron chi connectivity index (χ3n) is 7.03. The topological polar surface area (TPSA) is 40.5 Å². The average Bonchev–Trinajstić information content (AvgIpc) is 3.34. The minimum absolute atomic E-state index is 0.0901. The van der Waals surface area contributed by atoms with Crippen molar-refractivity contribution in [3.63, 3.8) is 0 Å². The normalized spacial score (nSPS) is 17.7. The summed E-state index contributed by atoms with van der Waals surface area (Å²) in [6.45, 7) is 5.72. The summed E-state index contributed by atoms with van der Waals surface area (Å²) >= 11 is 2.01. The minimum Gasteiger partial charge on any atom is -0.508 e. The molecule has 10 heteroatoms. The summed E-state index contributed by atoms with van der Waals surface area (Å²) in [6, 6.07) is 11.9. The van der Waals surface area contributed by atoms with Gasteiger partial charge in [0.25, 0.3) is 0 Å². The highest BCUT2D eigenvalue weighted by molar-refractivity contribution is 7.16. The zero-order valence-electron chi connectivity index (χ0n) is 21.1. The van der Waals surface area contributed by atoms with Crippen molar-refractivity contribution in [3.05, 3.63) is 80.5 Å². The number of thiophene rings is 2. The summed E-state index contributed by atoms with van der Waals surface area (Å²) in [4.78, 5) is 1.15. The van der Waals surface area contributed by atoms with Gasteiger partial charge in [-0.3, -0.25) is 0 Å². The van der Waals surface area contributed by atoms with Crippen LogP contribution in [-0.2, 0) is 0 Å². The maximum atomic E-state index is 15.6. The Balaban J connectivity index is 1.86. The maximum absolute atomic E-state index is 15.6. The van der Waals surface area contributed by atoms with Crippen LogP contribution in [0.4, 0.5) is 26.3 Å². The van der Waals surface area contributed by atoms with E-state index in [0.717, 1.165) is 22.7 Å². The molecule has 0 amide bonds. The van der Waals surface area contributed by atoms with E-state index < -0.39 is 28.9 Å². The number of aromatic hydroxyl groups is 2. The van der Waals surface area contributed by atoms with E-state index >= 15 is 26.3 Å². The molecule has 0 saturated carbocycles. The van der Waals surface area contributed by atoms with Gasteiger partial charge in [-0.2, -0.15) is 26.3 Å². The number of alkyl halides is 6. The lowest BCUT2D eigenvalue weighted by Crippen LogP contribution is -2.49. The van der Waals surface area contributed by atoms with Gasteiger partial charge in [-0.05, 0) is 74.2 Å². The largest absolute Gasteiger partial charge is 0.508 e. The molecule has 0 bridgehead atoms. The molecule has 0 fully saturated rings. The molecule has 5 rings (SSSR count). The molecule has 204 valence electrons. The molecule has 0 spiro atoms. The van der Waals surface area contributed by atoms with Gasteiger partial charge in [-0.15, -0.1) is 22.7 Å². The number of aryl methyl sites for hydroxylation is 2. The van der Waals surface area contributed by atoms with Crippen LogP contribution >= 0.6 is 22.7 Å². The van der Waals surface area contributed by atoms with Crippen LogP contribution in [0.3, 0.4) is 0 Å². The highest BCUT2D eigenvalue weighted by Gasteiger charge is 2.80. The Bertz CT molecular complexity index is 1540. The quantitative estimate of drug-likeness (QED) is 0.236. The summed E-state index contributed by atoms with van der Waals surface area (Å²) in [5.74, 6) is -16.2. The molecule has 39 heavy (non-hydrogen) atoms. The third kappa shape index (κ3) is 3.82. The van der Waals surface area contributed by atoms with E-state index in [0.29, 0.717) is 20.9 Å². The summed E-state index contributed by atoms with van der Waals surface area (Å²) in [6.07, 6.45) is 0. The molecule has 2 nitrogen and oxygen atoms in total. The van der Waals surface area contributed by atoms with E-state index in [9.17, 15) is 10.2 Å². The lowest BCUT2D eigenvalue weighted by Gasteiger charge is -2.26.